The molecule has 0 aliphatic carbocycles. The summed E-state index contributed by atoms with van der Waals surface area (Å²) in [5, 5.41) is 4.50. The quantitative estimate of drug-likeness (QED) is 0.577. The van der Waals surface area contributed by atoms with Gasteiger partial charge in [-0.2, -0.15) is 0 Å². The number of aromatic nitrogens is 1. The SMILES string of the molecule is Cc1nccc2cc(CC(=O)CCc3ccc4c(c3)CN(C3CCC(=O)NC3=O)C4=O)ccc12. The van der Waals surface area contributed by atoms with E-state index in [1.807, 2.05) is 43.3 Å². The number of hydrogen-bond donors (Lipinski definition) is 1. The molecule has 1 atom stereocenters. The fraction of sp³-hybridized carbons (Fsp3) is 0.296. The molecule has 0 spiro atoms. The molecule has 3 aromatic rings. The van der Waals surface area contributed by atoms with E-state index < -0.39 is 11.9 Å². The predicted octanol–water partition coefficient (Wildman–Crippen LogP) is 3.05. The van der Waals surface area contributed by atoms with Crippen molar-refractivity contribution in [3.8, 4) is 0 Å². The largest absolute Gasteiger partial charge is 0.322 e. The first-order valence-electron chi connectivity index (χ1n) is 11.5. The molecule has 0 radical (unpaired) electrons. The van der Waals surface area contributed by atoms with E-state index in [1.165, 1.54) is 0 Å². The Labute approximate surface area is 197 Å². The van der Waals surface area contributed by atoms with Crippen LogP contribution in [0.3, 0.4) is 0 Å². The first kappa shape index (κ1) is 21.9. The molecule has 2 aliphatic heterocycles. The zero-order valence-electron chi connectivity index (χ0n) is 19.0. The molecule has 2 aromatic carbocycles. The molecule has 2 aliphatic rings. The van der Waals surface area contributed by atoms with Gasteiger partial charge < -0.3 is 4.90 Å². The summed E-state index contributed by atoms with van der Waals surface area (Å²) in [5.41, 5.74) is 4.40. The molecule has 3 heterocycles. The second-order valence-electron chi connectivity index (χ2n) is 9.06. The maximum absolute atomic E-state index is 12.8. The van der Waals surface area contributed by atoms with Crippen LogP contribution in [0.1, 0.15) is 52.0 Å². The van der Waals surface area contributed by atoms with Gasteiger partial charge in [-0.05, 0) is 54.0 Å². The van der Waals surface area contributed by atoms with Gasteiger partial charge in [0.2, 0.25) is 11.8 Å². The Kier molecular flexibility index (Phi) is 5.69. The Hall–Kier alpha value is -3.87. The van der Waals surface area contributed by atoms with Crippen molar-refractivity contribution in [1.82, 2.24) is 15.2 Å². The molecule has 0 saturated carbocycles. The van der Waals surface area contributed by atoms with Crippen LogP contribution in [-0.4, -0.2) is 39.4 Å². The van der Waals surface area contributed by atoms with E-state index in [1.54, 1.807) is 17.2 Å². The number of Topliss-reactive ketones (excluding diaryl/α,β-unsaturated/α-hetero) is 1. The monoisotopic (exact) mass is 455 g/mol. The van der Waals surface area contributed by atoms with Gasteiger partial charge in [0.15, 0.2) is 0 Å². The summed E-state index contributed by atoms with van der Waals surface area (Å²) in [6.07, 6.45) is 3.74. The molecule has 3 amide bonds. The van der Waals surface area contributed by atoms with Crippen LogP contribution in [0.4, 0.5) is 0 Å². The summed E-state index contributed by atoms with van der Waals surface area (Å²) in [7, 11) is 0. The van der Waals surface area contributed by atoms with Gasteiger partial charge in [0.25, 0.3) is 5.91 Å². The van der Waals surface area contributed by atoms with Gasteiger partial charge in [0, 0.05) is 48.6 Å². The minimum Gasteiger partial charge on any atom is -0.322 e. The van der Waals surface area contributed by atoms with Gasteiger partial charge in [-0.15, -0.1) is 0 Å². The third-order valence-electron chi connectivity index (χ3n) is 6.71. The number of carbonyl (C=O) groups is 4. The lowest BCUT2D eigenvalue weighted by atomic mass is 9.98. The van der Waals surface area contributed by atoms with Crippen molar-refractivity contribution in [3.63, 3.8) is 0 Å². The van der Waals surface area contributed by atoms with Crippen LogP contribution < -0.4 is 5.32 Å². The summed E-state index contributed by atoms with van der Waals surface area (Å²) in [6, 6.07) is 13.0. The molecular formula is C27H25N3O4. The highest BCUT2D eigenvalue weighted by atomic mass is 16.2. The van der Waals surface area contributed by atoms with Crippen molar-refractivity contribution >= 4 is 34.3 Å². The molecule has 172 valence electrons. The number of amides is 3. The van der Waals surface area contributed by atoms with E-state index >= 15 is 0 Å². The molecular weight excluding hydrogens is 430 g/mol. The van der Waals surface area contributed by atoms with Crippen LogP contribution in [0.5, 0.6) is 0 Å². The zero-order chi connectivity index (χ0) is 23.8. The third-order valence-corrected chi connectivity index (χ3v) is 6.71. The normalized spacial score (nSPS) is 17.7. The first-order valence-corrected chi connectivity index (χ1v) is 11.5. The Morgan fingerprint density at radius 3 is 2.74 bits per heavy atom. The van der Waals surface area contributed by atoms with Crippen molar-refractivity contribution in [1.29, 1.82) is 0 Å². The van der Waals surface area contributed by atoms with Gasteiger partial charge >= 0.3 is 0 Å². The lowest BCUT2D eigenvalue weighted by Crippen LogP contribution is -2.52. The smallest absolute Gasteiger partial charge is 0.255 e. The Bertz CT molecular complexity index is 1350. The number of aryl methyl sites for hydroxylation is 2. The van der Waals surface area contributed by atoms with Crippen molar-refractivity contribution in [2.75, 3.05) is 0 Å². The van der Waals surface area contributed by atoms with Crippen molar-refractivity contribution in [2.24, 2.45) is 0 Å². The minimum atomic E-state index is -0.621. The molecule has 1 saturated heterocycles. The van der Waals surface area contributed by atoms with Crippen LogP contribution in [0.25, 0.3) is 10.8 Å². The van der Waals surface area contributed by atoms with Crippen LogP contribution in [0.2, 0.25) is 0 Å². The van der Waals surface area contributed by atoms with Gasteiger partial charge in [-0.3, -0.25) is 29.5 Å². The minimum absolute atomic E-state index is 0.159. The standard InChI is InChI=1S/C27H25N3O4/c1-16-22-6-4-18(13-19(22)10-11-28-16)14-21(31)5-2-17-3-7-23-20(12-17)15-30(27(23)34)24-8-9-25(32)29-26(24)33/h3-4,6-7,10-13,24H,2,5,8-9,14-15H2,1H3,(H,29,32,33). The van der Waals surface area contributed by atoms with E-state index in [9.17, 15) is 19.2 Å². The second kappa shape index (κ2) is 8.82. The number of ketones is 1. The van der Waals surface area contributed by atoms with Crippen LogP contribution in [-0.2, 0) is 33.8 Å². The van der Waals surface area contributed by atoms with Gasteiger partial charge in [-0.25, -0.2) is 0 Å². The number of piperidine rings is 1. The topological polar surface area (TPSA) is 96.4 Å². The molecule has 1 fully saturated rings. The van der Waals surface area contributed by atoms with Crippen LogP contribution in [0.15, 0.2) is 48.7 Å². The van der Waals surface area contributed by atoms with E-state index in [0.29, 0.717) is 37.8 Å². The number of nitrogens with one attached hydrogen (secondary N) is 1. The maximum Gasteiger partial charge on any atom is 0.255 e. The molecule has 5 rings (SSSR count). The van der Waals surface area contributed by atoms with E-state index in [4.69, 9.17) is 0 Å². The summed E-state index contributed by atoms with van der Waals surface area (Å²) in [6.45, 7) is 2.31. The van der Waals surface area contributed by atoms with Gasteiger partial charge in [0.1, 0.15) is 11.8 Å². The fourth-order valence-electron chi connectivity index (χ4n) is 4.87. The number of benzene rings is 2. The average molecular weight is 456 g/mol. The molecule has 1 aromatic heterocycles. The van der Waals surface area contributed by atoms with E-state index in [0.717, 1.165) is 33.2 Å². The molecule has 1 unspecified atom stereocenters. The number of carbonyl (C=O) groups excluding carboxylic acids is 4. The predicted molar refractivity (Wildman–Crippen MR) is 126 cm³/mol. The second-order valence-corrected chi connectivity index (χ2v) is 9.06. The Morgan fingerprint density at radius 1 is 1.09 bits per heavy atom. The average Bonchev–Trinajstić information content (AvgIpc) is 3.13. The number of rotatable bonds is 6. The number of pyridine rings is 1. The lowest BCUT2D eigenvalue weighted by molar-refractivity contribution is -0.137. The molecule has 34 heavy (non-hydrogen) atoms. The lowest BCUT2D eigenvalue weighted by Gasteiger charge is -2.29. The highest BCUT2D eigenvalue weighted by Crippen LogP contribution is 2.28. The third kappa shape index (κ3) is 4.21. The van der Waals surface area contributed by atoms with E-state index in [2.05, 4.69) is 10.3 Å². The summed E-state index contributed by atoms with van der Waals surface area (Å²) < 4.78 is 0. The first-order chi connectivity index (χ1) is 16.4. The number of imide groups is 1. The van der Waals surface area contributed by atoms with E-state index in [-0.39, 0.29) is 24.0 Å². The summed E-state index contributed by atoms with van der Waals surface area (Å²) in [5.74, 6) is -0.739. The summed E-state index contributed by atoms with van der Waals surface area (Å²) in [4.78, 5) is 54.9. The van der Waals surface area contributed by atoms with Gasteiger partial charge in [0.05, 0.1) is 0 Å². The van der Waals surface area contributed by atoms with Crippen molar-refractivity contribution in [2.45, 2.75) is 51.6 Å². The summed E-state index contributed by atoms with van der Waals surface area (Å²) >= 11 is 0. The highest BCUT2D eigenvalue weighted by molar-refractivity contribution is 6.05. The van der Waals surface area contributed by atoms with Gasteiger partial charge in [-0.1, -0.05) is 30.3 Å². The Morgan fingerprint density at radius 2 is 1.91 bits per heavy atom. The molecule has 1 N–H and O–H groups in total. The highest BCUT2D eigenvalue weighted by Gasteiger charge is 2.39. The van der Waals surface area contributed by atoms with Crippen LogP contribution >= 0.6 is 0 Å². The van der Waals surface area contributed by atoms with Crippen molar-refractivity contribution < 1.29 is 19.2 Å². The number of hydrogen-bond acceptors (Lipinski definition) is 5. The number of fused-ring (bicyclic) bond motifs is 2. The molecule has 7 nitrogen and oxygen atoms in total. The van der Waals surface area contributed by atoms with Crippen LogP contribution in [0, 0.1) is 6.92 Å². The maximum atomic E-state index is 12.8. The molecule has 0 bridgehead atoms. The molecule has 7 heteroatoms. The fourth-order valence-corrected chi connectivity index (χ4v) is 4.87. The zero-order valence-corrected chi connectivity index (χ0v) is 19.0. The number of nitrogens with zero attached hydrogens (tertiary/aromatic N) is 2. The van der Waals surface area contributed by atoms with Crippen molar-refractivity contribution in [3.05, 3.63) is 76.6 Å². The Balaban J connectivity index is 1.22.